The van der Waals surface area contributed by atoms with E-state index in [0.29, 0.717) is 22.1 Å². The minimum atomic E-state index is -1.46. The molecule has 3 aromatic rings. The third-order valence-electron chi connectivity index (χ3n) is 5.73. The van der Waals surface area contributed by atoms with Gasteiger partial charge in [0.2, 0.25) is 5.91 Å². The number of aromatic nitrogens is 1. The summed E-state index contributed by atoms with van der Waals surface area (Å²) in [5.74, 6) is 0.190. The first-order valence-corrected chi connectivity index (χ1v) is 11.9. The van der Waals surface area contributed by atoms with Crippen molar-refractivity contribution < 1.29 is 14.3 Å². The SMILES string of the molecule is CN(C(=O)NCC(=O)N1c2ccc(Cl)cc2C(N)=C(OCc2ccccc2)C1(C)Cl)c1ccccn1.Cl.Cl. The zero-order valence-electron chi connectivity index (χ0n) is 20.6. The van der Waals surface area contributed by atoms with E-state index >= 15 is 0 Å². The highest BCUT2D eigenvalue weighted by Gasteiger charge is 2.46. The Bertz CT molecular complexity index is 1310. The summed E-state index contributed by atoms with van der Waals surface area (Å²) >= 11 is 13.2. The smallest absolute Gasteiger partial charge is 0.323 e. The van der Waals surface area contributed by atoms with Crippen LogP contribution >= 0.6 is 48.0 Å². The minimum Gasteiger partial charge on any atom is -0.487 e. The van der Waals surface area contributed by atoms with E-state index in [1.807, 2.05) is 30.3 Å². The van der Waals surface area contributed by atoms with E-state index in [0.717, 1.165) is 5.56 Å². The number of carbonyl (C=O) groups is 2. The van der Waals surface area contributed by atoms with Gasteiger partial charge in [0, 0.05) is 23.8 Å². The average Bonchev–Trinajstić information content (AvgIpc) is 2.88. The molecule has 0 spiro atoms. The van der Waals surface area contributed by atoms with Crippen LogP contribution in [0.15, 0.2) is 78.7 Å². The zero-order valence-corrected chi connectivity index (χ0v) is 23.7. The third kappa shape index (κ3) is 6.45. The number of nitrogens with zero attached hydrogens (tertiary/aromatic N) is 3. The van der Waals surface area contributed by atoms with Crippen LogP contribution in [0, 0.1) is 0 Å². The van der Waals surface area contributed by atoms with Gasteiger partial charge in [-0.2, -0.15) is 0 Å². The van der Waals surface area contributed by atoms with Crippen molar-refractivity contribution in [1.29, 1.82) is 0 Å². The van der Waals surface area contributed by atoms with Crippen molar-refractivity contribution in [3.63, 3.8) is 0 Å². The summed E-state index contributed by atoms with van der Waals surface area (Å²) in [6, 6.07) is 19.2. The summed E-state index contributed by atoms with van der Waals surface area (Å²) in [6.07, 6.45) is 1.58. The monoisotopic (exact) mass is 597 g/mol. The van der Waals surface area contributed by atoms with Crippen LogP contribution in [0.2, 0.25) is 5.02 Å². The number of alkyl halides is 1. The number of nitrogens with one attached hydrogen (secondary N) is 1. The van der Waals surface area contributed by atoms with E-state index in [4.69, 9.17) is 33.7 Å². The first kappa shape index (κ1) is 31.1. The maximum Gasteiger partial charge on any atom is 0.323 e. The highest BCUT2D eigenvalue weighted by Crippen LogP contribution is 2.45. The summed E-state index contributed by atoms with van der Waals surface area (Å²) in [7, 11) is 1.56. The molecule has 1 aliphatic rings. The molecule has 1 aromatic heterocycles. The fourth-order valence-corrected chi connectivity index (χ4v) is 4.44. The van der Waals surface area contributed by atoms with Crippen LogP contribution in [0.5, 0.6) is 0 Å². The maximum atomic E-state index is 13.5. The van der Waals surface area contributed by atoms with E-state index in [9.17, 15) is 9.59 Å². The number of anilines is 2. The van der Waals surface area contributed by atoms with Gasteiger partial charge in [0.15, 0.2) is 10.8 Å². The van der Waals surface area contributed by atoms with Crippen LogP contribution < -0.4 is 20.9 Å². The number of amides is 3. The minimum absolute atomic E-state index is 0. The van der Waals surface area contributed by atoms with Gasteiger partial charge in [-0.05, 0) is 42.8 Å². The molecule has 1 unspecified atom stereocenters. The molecule has 0 radical (unpaired) electrons. The van der Waals surface area contributed by atoms with Gasteiger partial charge >= 0.3 is 6.03 Å². The van der Waals surface area contributed by atoms with Crippen molar-refractivity contribution in [3.8, 4) is 0 Å². The summed E-state index contributed by atoms with van der Waals surface area (Å²) in [5, 5.41) is 3.06. The number of halogens is 4. The Labute approximate surface area is 243 Å². The van der Waals surface area contributed by atoms with Gasteiger partial charge < -0.3 is 15.8 Å². The second-order valence-electron chi connectivity index (χ2n) is 8.27. The predicted octanol–water partition coefficient (Wildman–Crippen LogP) is 5.57. The Hall–Kier alpha value is -3.17. The van der Waals surface area contributed by atoms with Gasteiger partial charge in [-0.3, -0.25) is 14.6 Å². The molecule has 0 saturated carbocycles. The van der Waals surface area contributed by atoms with Crippen LogP contribution in [-0.2, 0) is 16.1 Å². The first-order valence-electron chi connectivity index (χ1n) is 11.1. The van der Waals surface area contributed by atoms with E-state index < -0.39 is 16.9 Å². The lowest BCUT2D eigenvalue weighted by Gasteiger charge is -2.42. The Balaban J connectivity index is 0.00000253. The standard InChI is InChI=1S/C26H25Cl2N5O3.2ClH/c1-26(28)24(36-16-17-8-4-3-5-9-17)23(29)19-14-18(27)11-12-20(19)33(26)22(34)15-31-25(35)32(2)21-10-6-7-13-30-21;;/h3-14H,15-16,29H2,1-2H3,(H,31,35);2*1H. The number of nitrogens with two attached hydrogens (primary N) is 1. The van der Waals surface area contributed by atoms with Gasteiger partial charge in [0.25, 0.3) is 0 Å². The molecule has 0 saturated heterocycles. The van der Waals surface area contributed by atoms with E-state index in [1.54, 1.807) is 56.6 Å². The molecular formula is C26H27Cl4N5O3. The largest absolute Gasteiger partial charge is 0.487 e. The number of rotatable bonds is 6. The number of hydrogen-bond donors (Lipinski definition) is 2. The van der Waals surface area contributed by atoms with Gasteiger partial charge in [-0.25, -0.2) is 9.78 Å². The molecule has 12 heteroatoms. The Morgan fingerprint density at radius 1 is 1.11 bits per heavy atom. The molecule has 3 N–H and O–H groups in total. The maximum absolute atomic E-state index is 13.5. The lowest BCUT2D eigenvalue weighted by molar-refractivity contribution is -0.118. The van der Waals surface area contributed by atoms with E-state index in [1.165, 1.54) is 9.80 Å². The van der Waals surface area contributed by atoms with Crippen molar-refractivity contribution in [1.82, 2.24) is 10.3 Å². The van der Waals surface area contributed by atoms with E-state index in [2.05, 4.69) is 10.3 Å². The molecule has 38 heavy (non-hydrogen) atoms. The Morgan fingerprint density at radius 2 is 1.79 bits per heavy atom. The molecule has 1 atom stereocenters. The van der Waals surface area contributed by atoms with Crippen molar-refractivity contribution in [2.75, 3.05) is 23.4 Å². The number of urea groups is 1. The molecule has 2 heterocycles. The number of ether oxygens (including phenoxy) is 1. The summed E-state index contributed by atoms with van der Waals surface area (Å²) in [5.41, 5.74) is 8.63. The van der Waals surface area contributed by atoms with Crippen LogP contribution in [0.3, 0.4) is 0 Å². The van der Waals surface area contributed by atoms with Crippen LogP contribution in [-0.4, -0.2) is 35.5 Å². The topological polar surface area (TPSA) is 101 Å². The molecule has 0 fully saturated rings. The molecular weight excluding hydrogens is 572 g/mol. The molecule has 0 aliphatic carbocycles. The van der Waals surface area contributed by atoms with Crippen LogP contribution in [0.4, 0.5) is 16.3 Å². The highest BCUT2D eigenvalue weighted by atomic mass is 35.5. The summed E-state index contributed by atoms with van der Waals surface area (Å²) in [6.45, 7) is 1.49. The van der Waals surface area contributed by atoms with Crippen molar-refractivity contribution in [2.45, 2.75) is 18.5 Å². The summed E-state index contributed by atoms with van der Waals surface area (Å²) < 4.78 is 6.08. The molecule has 2 aromatic carbocycles. The lowest BCUT2D eigenvalue weighted by Crippen LogP contribution is -2.54. The molecule has 0 bridgehead atoms. The second-order valence-corrected chi connectivity index (χ2v) is 9.44. The van der Waals surface area contributed by atoms with Crippen LogP contribution in [0.1, 0.15) is 18.1 Å². The van der Waals surface area contributed by atoms with Gasteiger partial charge in [0.05, 0.1) is 17.9 Å². The third-order valence-corrected chi connectivity index (χ3v) is 6.31. The quantitative estimate of drug-likeness (QED) is 0.285. The van der Waals surface area contributed by atoms with Gasteiger partial charge in [-0.15, -0.1) is 24.8 Å². The Kier molecular flexibility index (Phi) is 10.7. The zero-order chi connectivity index (χ0) is 25.9. The van der Waals surface area contributed by atoms with Crippen molar-refractivity contribution in [3.05, 3.63) is 94.8 Å². The number of benzene rings is 2. The van der Waals surface area contributed by atoms with Gasteiger partial charge in [-0.1, -0.05) is 59.6 Å². The first-order chi connectivity index (χ1) is 17.2. The van der Waals surface area contributed by atoms with Crippen molar-refractivity contribution in [2.24, 2.45) is 5.73 Å². The lowest BCUT2D eigenvalue weighted by atomic mass is 9.98. The van der Waals surface area contributed by atoms with Crippen LogP contribution in [0.25, 0.3) is 5.70 Å². The number of pyridine rings is 1. The number of fused-ring (bicyclic) bond motifs is 1. The predicted molar refractivity (Wildman–Crippen MR) is 156 cm³/mol. The molecule has 1 aliphatic heterocycles. The van der Waals surface area contributed by atoms with Crippen molar-refractivity contribution >= 4 is 77.2 Å². The second kappa shape index (κ2) is 13.1. The normalized spacial score (nSPS) is 15.9. The highest BCUT2D eigenvalue weighted by molar-refractivity contribution is 6.32. The average molecular weight is 599 g/mol. The fourth-order valence-electron chi connectivity index (χ4n) is 3.93. The molecule has 4 rings (SSSR count). The van der Waals surface area contributed by atoms with E-state index in [-0.39, 0.29) is 49.4 Å². The number of carbonyl (C=O) groups excluding carboxylic acids is 2. The molecule has 3 amide bonds. The Morgan fingerprint density at radius 3 is 2.45 bits per heavy atom. The van der Waals surface area contributed by atoms with Gasteiger partial charge in [0.1, 0.15) is 12.4 Å². The fraction of sp³-hybridized carbons (Fsp3) is 0.192. The molecule has 202 valence electrons. The summed E-state index contributed by atoms with van der Waals surface area (Å²) in [4.78, 5) is 31.5. The molecule has 8 nitrogen and oxygen atoms in total. The number of hydrogen-bond acceptors (Lipinski definition) is 5.